The van der Waals surface area contributed by atoms with Gasteiger partial charge in [-0.25, -0.2) is 0 Å². The van der Waals surface area contributed by atoms with E-state index in [2.05, 4.69) is 13.5 Å². The molecule has 0 saturated carbocycles. The van der Waals surface area contributed by atoms with Crippen LogP contribution in [0.3, 0.4) is 0 Å². The van der Waals surface area contributed by atoms with E-state index in [0.717, 1.165) is 6.42 Å². The summed E-state index contributed by atoms with van der Waals surface area (Å²) in [5.74, 6) is -0.0833. The maximum Gasteiger partial charge on any atom is 0.0951 e. The van der Waals surface area contributed by atoms with Gasteiger partial charge in [-0.3, -0.25) is 0 Å². The first kappa shape index (κ1) is 27.4. The summed E-state index contributed by atoms with van der Waals surface area (Å²) >= 11 is 0. The Balaban J connectivity index is 0. The fourth-order valence-corrected chi connectivity index (χ4v) is 2.77. The molecule has 1 unspecified atom stereocenters. The van der Waals surface area contributed by atoms with Crippen LogP contribution in [0.15, 0.2) is 24.5 Å². The van der Waals surface area contributed by atoms with Crippen molar-refractivity contribution < 1.29 is 15.3 Å². The molecule has 0 aliphatic carbocycles. The molecule has 0 aromatic carbocycles. The van der Waals surface area contributed by atoms with E-state index in [1.54, 1.807) is 6.08 Å². The Morgan fingerprint density at radius 3 is 1.54 bits per heavy atom. The molecule has 0 amide bonds. The number of unbranched alkanes of at least 4 members (excludes halogenated alkanes) is 14. The second kappa shape index (κ2) is 24.2. The fraction of sp³-hybridized carbons (Fsp3) is 0.826. The molecule has 0 fully saturated rings. The van der Waals surface area contributed by atoms with Gasteiger partial charge in [0, 0.05) is 0 Å². The van der Waals surface area contributed by atoms with Crippen molar-refractivity contribution in [1.82, 2.24) is 0 Å². The van der Waals surface area contributed by atoms with Gasteiger partial charge in [-0.05, 0) is 12.8 Å². The van der Waals surface area contributed by atoms with Gasteiger partial charge in [0.05, 0.1) is 12.7 Å². The first-order valence-corrected chi connectivity index (χ1v) is 10.8. The number of hydrogen-bond acceptors (Lipinski definition) is 3. The number of aliphatic hydroxyl groups is 2. The van der Waals surface area contributed by atoms with E-state index in [1.165, 1.54) is 96.8 Å². The van der Waals surface area contributed by atoms with Gasteiger partial charge in [0.2, 0.25) is 0 Å². The zero-order valence-electron chi connectivity index (χ0n) is 17.6. The lowest BCUT2D eigenvalue weighted by Gasteiger charge is -2.03. The molecule has 0 aromatic rings. The van der Waals surface area contributed by atoms with Crippen LogP contribution in [0, 0.1) is 0 Å². The van der Waals surface area contributed by atoms with E-state index >= 15 is 0 Å². The third-order valence-corrected chi connectivity index (χ3v) is 4.27. The highest BCUT2D eigenvalue weighted by atomic mass is 16.3. The van der Waals surface area contributed by atoms with E-state index in [-0.39, 0.29) is 12.4 Å². The molecule has 3 nitrogen and oxygen atoms in total. The van der Waals surface area contributed by atoms with Crippen LogP contribution in [0.25, 0.3) is 0 Å². The molecule has 0 spiro atoms. The average molecular weight is 370 g/mol. The maximum absolute atomic E-state index is 9.33. The predicted octanol–water partition coefficient (Wildman–Crippen LogP) is 5.65. The highest BCUT2D eigenvalue weighted by Crippen LogP contribution is 2.13. The first-order chi connectivity index (χ1) is 12.5. The van der Waals surface area contributed by atoms with Crippen molar-refractivity contribution in [2.75, 3.05) is 6.61 Å². The molecule has 0 aliphatic rings. The molecule has 0 bridgehead atoms. The van der Waals surface area contributed by atoms with Crippen LogP contribution >= 0.6 is 0 Å². The lowest BCUT2D eigenvalue weighted by atomic mass is 10.0. The van der Waals surface area contributed by atoms with Crippen molar-refractivity contribution in [3.05, 3.63) is 24.5 Å². The highest BCUT2D eigenvalue weighted by molar-refractivity contribution is 4.87. The third kappa shape index (κ3) is 31.0. The van der Waals surface area contributed by atoms with Crippen molar-refractivity contribution in [2.45, 2.75) is 116 Å². The average Bonchev–Trinajstić information content (AvgIpc) is 2.60. The lowest BCUT2D eigenvalue weighted by molar-refractivity contribution is -0.300. The third-order valence-electron chi connectivity index (χ3n) is 4.27. The van der Waals surface area contributed by atoms with Gasteiger partial charge < -0.3 is 15.3 Å². The maximum atomic E-state index is 9.33. The van der Waals surface area contributed by atoms with Crippen LogP contribution in [0.5, 0.6) is 0 Å². The van der Waals surface area contributed by atoms with Gasteiger partial charge in [-0.15, -0.1) is 12.3 Å². The normalized spacial score (nSPS) is 12.0. The molecule has 0 saturated heterocycles. The van der Waals surface area contributed by atoms with Crippen LogP contribution in [-0.2, 0) is 0 Å². The smallest absolute Gasteiger partial charge is 0.0951 e. The van der Waals surface area contributed by atoms with Gasteiger partial charge in [0.25, 0.3) is 0 Å². The van der Waals surface area contributed by atoms with E-state index in [4.69, 9.17) is 10.2 Å². The monoisotopic (exact) mass is 369 g/mol. The van der Waals surface area contributed by atoms with Crippen LogP contribution in [0.1, 0.15) is 110 Å². The molecule has 0 aromatic heterocycles. The zero-order chi connectivity index (χ0) is 19.9. The van der Waals surface area contributed by atoms with Crippen molar-refractivity contribution in [2.24, 2.45) is 0 Å². The predicted molar refractivity (Wildman–Crippen MR) is 112 cm³/mol. The molecular weight excluding hydrogens is 324 g/mol. The van der Waals surface area contributed by atoms with Crippen molar-refractivity contribution in [3.8, 4) is 0 Å². The molecule has 156 valence electrons. The topological polar surface area (TPSA) is 63.5 Å². The Morgan fingerprint density at radius 2 is 1.19 bits per heavy atom. The fourth-order valence-electron chi connectivity index (χ4n) is 2.77. The zero-order valence-corrected chi connectivity index (χ0v) is 17.6. The molecular formula is C23H45O3-. The van der Waals surface area contributed by atoms with Crippen LogP contribution in [0.4, 0.5) is 0 Å². The van der Waals surface area contributed by atoms with Crippen molar-refractivity contribution >= 4 is 0 Å². The molecule has 26 heavy (non-hydrogen) atoms. The Kier molecular flexibility index (Phi) is 25.5. The number of rotatable bonds is 17. The second-order valence-corrected chi connectivity index (χ2v) is 7.26. The summed E-state index contributed by atoms with van der Waals surface area (Å²) in [5.41, 5.74) is 0. The van der Waals surface area contributed by atoms with Gasteiger partial charge in [-0.2, -0.15) is 0 Å². The Bertz CT molecular complexity index is 296. The minimum absolute atomic E-state index is 0.0833. The highest BCUT2D eigenvalue weighted by Gasteiger charge is 1.95. The summed E-state index contributed by atoms with van der Waals surface area (Å²) in [6, 6.07) is 0. The summed E-state index contributed by atoms with van der Waals surface area (Å²) in [5, 5.41) is 27.1. The van der Waals surface area contributed by atoms with Crippen LogP contribution < -0.4 is 5.11 Å². The summed E-state index contributed by atoms with van der Waals surface area (Å²) < 4.78 is 0. The summed E-state index contributed by atoms with van der Waals surface area (Å²) in [6.45, 7) is 6.52. The SMILES string of the molecule is C=C(C)[O-].CCCCCCCCCCCCCCCC/C=C/C(O)CO. The molecule has 0 aliphatic heterocycles. The lowest BCUT2D eigenvalue weighted by Crippen LogP contribution is -2.06. The van der Waals surface area contributed by atoms with Crippen LogP contribution in [-0.4, -0.2) is 22.9 Å². The van der Waals surface area contributed by atoms with E-state index in [0.29, 0.717) is 0 Å². The van der Waals surface area contributed by atoms with E-state index in [9.17, 15) is 5.11 Å². The number of hydrogen-bond donors (Lipinski definition) is 2. The Labute approximate surface area is 163 Å². The number of allylic oxidation sites excluding steroid dienone is 2. The summed E-state index contributed by atoms with van der Waals surface area (Å²) in [6.07, 6.45) is 23.4. The summed E-state index contributed by atoms with van der Waals surface area (Å²) in [7, 11) is 0. The standard InChI is InChI=1S/C20H40O2.C3H6O/c1-2-3-4-5-6-7-8-9-10-11-12-13-14-15-16-17-18-20(22)19-21;1-3(2)4/h17-18,20-22H,2-16,19H2,1H3;4H,1H2,2H3/p-1/b18-17+;. The quantitative estimate of drug-likeness (QED) is 0.198. The number of aliphatic hydroxyl groups excluding tert-OH is 2. The minimum Gasteiger partial charge on any atom is -0.876 e. The molecule has 1 atom stereocenters. The second-order valence-electron chi connectivity index (χ2n) is 7.26. The van der Waals surface area contributed by atoms with Gasteiger partial charge in [0.1, 0.15) is 0 Å². The first-order valence-electron chi connectivity index (χ1n) is 10.8. The summed E-state index contributed by atoms with van der Waals surface area (Å²) in [4.78, 5) is 0. The minimum atomic E-state index is -0.674. The van der Waals surface area contributed by atoms with Gasteiger partial charge in [-0.1, -0.05) is 109 Å². The Hall–Kier alpha value is -0.800. The van der Waals surface area contributed by atoms with Crippen LogP contribution in [0.2, 0.25) is 0 Å². The van der Waals surface area contributed by atoms with E-state index in [1.807, 2.05) is 6.08 Å². The van der Waals surface area contributed by atoms with Crippen molar-refractivity contribution in [3.63, 3.8) is 0 Å². The molecule has 0 rings (SSSR count). The Morgan fingerprint density at radius 1 is 0.846 bits per heavy atom. The van der Waals surface area contributed by atoms with Crippen molar-refractivity contribution in [1.29, 1.82) is 0 Å². The molecule has 3 heteroatoms. The van der Waals surface area contributed by atoms with Gasteiger partial charge >= 0.3 is 0 Å². The largest absolute Gasteiger partial charge is 0.876 e. The molecule has 2 N–H and O–H groups in total. The van der Waals surface area contributed by atoms with E-state index < -0.39 is 6.10 Å². The molecule has 0 heterocycles. The molecule has 0 radical (unpaired) electrons. The van der Waals surface area contributed by atoms with Gasteiger partial charge in [0.15, 0.2) is 0 Å².